The number of nitrogens with one attached hydrogen (secondary N) is 2. The number of pyridine rings is 1. The second kappa shape index (κ2) is 4.13. The van der Waals surface area contributed by atoms with Crippen LogP contribution >= 0.6 is 0 Å². The number of halogens is 3. The summed E-state index contributed by atoms with van der Waals surface area (Å²) in [7, 11) is 0. The van der Waals surface area contributed by atoms with Crippen LogP contribution in [0, 0.1) is 23.4 Å². The Morgan fingerprint density at radius 2 is 1.57 bits per heavy atom. The third-order valence-electron chi connectivity index (χ3n) is 4.07. The summed E-state index contributed by atoms with van der Waals surface area (Å²) in [5, 5.41) is 6.39. The van der Waals surface area contributed by atoms with Crippen LogP contribution in [0.15, 0.2) is 30.6 Å². The van der Waals surface area contributed by atoms with Crippen LogP contribution < -0.4 is 10.6 Å². The molecule has 2 heterocycles. The molecule has 0 unspecified atom stereocenters. The second-order valence-corrected chi connectivity index (χ2v) is 5.54. The minimum atomic E-state index is -0.910. The second-order valence-electron chi connectivity index (χ2n) is 5.54. The number of rotatable bonds is 2. The molecule has 0 atom stereocenters. The first-order valence-corrected chi connectivity index (χ1v) is 6.75. The molecule has 1 aliphatic heterocycles. The first kappa shape index (κ1) is 12.5. The van der Waals surface area contributed by atoms with Crippen LogP contribution in [-0.2, 0) is 5.66 Å². The van der Waals surface area contributed by atoms with E-state index in [9.17, 15) is 13.2 Å². The molecule has 6 heteroatoms. The standard InChI is InChI=1S/C15H12F3N3/c16-10-3-9(6-19-7-10)15(8-1-2-8)20-13-4-11(17)12(18)5-14(13)21-15/h3-8,20-21H,1-2H2. The molecule has 108 valence electrons. The summed E-state index contributed by atoms with van der Waals surface area (Å²) in [5.74, 6) is -2.04. The van der Waals surface area contributed by atoms with Crippen molar-refractivity contribution in [1.82, 2.24) is 4.98 Å². The Morgan fingerprint density at radius 1 is 0.952 bits per heavy atom. The zero-order valence-electron chi connectivity index (χ0n) is 11.0. The third kappa shape index (κ3) is 1.86. The molecular weight excluding hydrogens is 279 g/mol. The van der Waals surface area contributed by atoms with Gasteiger partial charge in [-0.25, -0.2) is 13.2 Å². The van der Waals surface area contributed by atoms with Gasteiger partial charge in [-0.3, -0.25) is 4.98 Å². The van der Waals surface area contributed by atoms with Gasteiger partial charge < -0.3 is 10.6 Å². The topological polar surface area (TPSA) is 37.0 Å². The molecule has 3 nitrogen and oxygen atoms in total. The highest BCUT2D eigenvalue weighted by Crippen LogP contribution is 2.52. The smallest absolute Gasteiger partial charge is 0.161 e. The molecule has 2 aliphatic rings. The number of nitrogens with zero attached hydrogens (tertiary/aromatic N) is 1. The van der Waals surface area contributed by atoms with Crippen molar-refractivity contribution < 1.29 is 13.2 Å². The van der Waals surface area contributed by atoms with Gasteiger partial charge in [0.25, 0.3) is 0 Å². The van der Waals surface area contributed by atoms with Crippen molar-refractivity contribution in [1.29, 1.82) is 0 Å². The van der Waals surface area contributed by atoms with Crippen molar-refractivity contribution in [2.45, 2.75) is 18.5 Å². The molecule has 0 amide bonds. The first-order chi connectivity index (χ1) is 10.1. The number of benzene rings is 1. The summed E-state index contributed by atoms with van der Waals surface area (Å²) in [5.41, 5.74) is 0.828. The van der Waals surface area contributed by atoms with Crippen molar-refractivity contribution in [2.24, 2.45) is 5.92 Å². The van der Waals surface area contributed by atoms with Gasteiger partial charge in [-0.1, -0.05) is 0 Å². The van der Waals surface area contributed by atoms with Gasteiger partial charge in [0.1, 0.15) is 11.5 Å². The van der Waals surface area contributed by atoms with E-state index in [1.807, 2.05) is 0 Å². The molecule has 1 fully saturated rings. The van der Waals surface area contributed by atoms with Crippen molar-refractivity contribution in [3.05, 3.63) is 53.6 Å². The van der Waals surface area contributed by atoms with E-state index in [0.29, 0.717) is 16.9 Å². The number of fused-ring (bicyclic) bond motifs is 1. The van der Waals surface area contributed by atoms with Crippen molar-refractivity contribution in [3.63, 3.8) is 0 Å². The summed E-state index contributed by atoms with van der Waals surface area (Å²) in [6.45, 7) is 0. The molecule has 1 aromatic carbocycles. The van der Waals surface area contributed by atoms with Gasteiger partial charge in [-0.05, 0) is 18.9 Å². The van der Waals surface area contributed by atoms with Gasteiger partial charge in [0.15, 0.2) is 11.6 Å². The van der Waals surface area contributed by atoms with Crippen LogP contribution in [0.1, 0.15) is 18.4 Å². The molecule has 1 aliphatic carbocycles. The Hall–Kier alpha value is -2.24. The lowest BCUT2D eigenvalue weighted by atomic mass is 9.96. The molecule has 0 saturated heterocycles. The molecule has 2 N–H and O–H groups in total. The minimum absolute atomic E-state index is 0.222. The predicted octanol–water partition coefficient (Wildman–Crippen LogP) is 3.60. The largest absolute Gasteiger partial charge is 0.357 e. The quantitative estimate of drug-likeness (QED) is 0.887. The van der Waals surface area contributed by atoms with Crippen LogP contribution in [0.2, 0.25) is 0 Å². The molecular formula is C15H12F3N3. The van der Waals surface area contributed by atoms with E-state index in [1.54, 1.807) is 6.20 Å². The number of anilines is 2. The third-order valence-corrected chi connectivity index (χ3v) is 4.07. The summed E-state index contributed by atoms with van der Waals surface area (Å²) < 4.78 is 40.3. The van der Waals surface area contributed by atoms with Gasteiger partial charge in [-0.15, -0.1) is 0 Å². The van der Waals surface area contributed by atoms with E-state index in [1.165, 1.54) is 6.07 Å². The Labute approximate surface area is 119 Å². The zero-order chi connectivity index (χ0) is 14.6. The van der Waals surface area contributed by atoms with Gasteiger partial charge in [0, 0.05) is 29.8 Å². The molecule has 2 aromatic rings. The SMILES string of the molecule is Fc1cncc(C2(C3CC3)Nc3cc(F)c(F)cc3N2)c1. The van der Waals surface area contributed by atoms with Gasteiger partial charge in [0.05, 0.1) is 17.6 Å². The predicted molar refractivity (Wildman–Crippen MR) is 72.2 cm³/mol. The fourth-order valence-electron chi connectivity index (χ4n) is 2.94. The Balaban J connectivity index is 1.82. The molecule has 0 spiro atoms. The lowest BCUT2D eigenvalue weighted by molar-refractivity contribution is 0.493. The molecule has 21 heavy (non-hydrogen) atoms. The minimum Gasteiger partial charge on any atom is -0.357 e. The van der Waals surface area contributed by atoms with E-state index >= 15 is 0 Å². The van der Waals surface area contributed by atoms with E-state index < -0.39 is 23.1 Å². The highest BCUT2D eigenvalue weighted by molar-refractivity contribution is 5.77. The summed E-state index contributed by atoms with van der Waals surface area (Å²) >= 11 is 0. The van der Waals surface area contributed by atoms with Crippen LogP contribution in [0.4, 0.5) is 24.5 Å². The van der Waals surface area contributed by atoms with Crippen LogP contribution in [-0.4, -0.2) is 4.98 Å². The Morgan fingerprint density at radius 3 is 2.10 bits per heavy atom. The number of hydrogen-bond acceptors (Lipinski definition) is 3. The Bertz CT molecular complexity index is 697. The van der Waals surface area contributed by atoms with E-state index in [0.717, 1.165) is 31.2 Å². The van der Waals surface area contributed by atoms with Gasteiger partial charge in [-0.2, -0.15) is 0 Å². The fraction of sp³-hybridized carbons (Fsp3) is 0.267. The highest BCUT2D eigenvalue weighted by Gasteiger charge is 2.50. The fourth-order valence-corrected chi connectivity index (χ4v) is 2.94. The average Bonchev–Trinajstić information content (AvgIpc) is 3.23. The van der Waals surface area contributed by atoms with Crippen LogP contribution in [0.25, 0.3) is 0 Å². The van der Waals surface area contributed by atoms with Crippen molar-refractivity contribution in [3.8, 4) is 0 Å². The zero-order valence-corrected chi connectivity index (χ0v) is 11.0. The number of hydrogen-bond donors (Lipinski definition) is 2. The van der Waals surface area contributed by atoms with Crippen molar-refractivity contribution in [2.75, 3.05) is 10.6 Å². The lowest BCUT2D eigenvalue weighted by Crippen LogP contribution is -2.41. The molecule has 1 saturated carbocycles. The normalized spacial score (nSPS) is 18.8. The lowest BCUT2D eigenvalue weighted by Gasteiger charge is -2.31. The number of aromatic nitrogens is 1. The molecule has 0 bridgehead atoms. The van der Waals surface area contributed by atoms with Crippen LogP contribution in [0.3, 0.4) is 0 Å². The van der Waals surface area contributed by atoms with Gasteiger partial charge >= 0.3 is 0 Å². The highest BCUT2D eigenvalue weighted by atomic mass is 19.2. The summed E-state index contributed by atoms with van der Waals surface area (Å²) in [6, 6.07) is 3.63. The van der Waals surface area contributed by atoms with Crippen LogP contribution in [0.5, 0.6) is 0 Å². The van der Waals surface area contributed by atoms with E-state index in [-0.39, 0.29) is 5.92 Å². The van der Waals surface area contributed by atoms with Crippen molar-refractivity contribution >= 4 is 11.4 Å². The summed E-state index contributed by atoms with van der Waals surface area (Å²) in [6.07, 6.45) is 4.61. The maximum Gasteiger partial charge on any atom is 0.161 e. The molecule has 1 aromatic heterocycles. The maximum atomic E-state index is 13.5. The monoisotopic (exact) mass is 291 g/mol. The van der Waals surface area contributed by atoms with E-state index in [4.69, 9.17) is 0 Å². The maximum absolute atomic E-state index is 13.5. The molecule has 4 rings (SSSR count). The first-order valence-electron chi connectivity index (χ1n) is 6.75. The molecule has 0 radical (unpaired) electrons. The Kier molecular flexibility index (Phi) is 2.46. The van der Waals surface area contributed by atoms with Gasteiger partial charge in [0.2, 0.25) is 0 Å². The summed E-state index contributed by atoms with van der Waals surface area (Å²) in [4.78, 5) is 3.88. The average molecular weight is 291 g/mol. The van der Waals surface area contributed by atoms with E-state index in [2.05, 4.69) is 15.6 Å².